The van der Waals surface area contributed by atoms with Gasteiger partial charge in [-0.05, 0) is 38.0 Å². The highest BCUT2D eigenvalue weighted by molar-refractivity contribution is 7.99. The van der Waals surface area contributed by atoms with E-state index >= 15 is 0 Å². The van der Waals surface area contributed by atoms with Crippen LogP contribution in [0.5, 0.6) is 0 Å². The van der Waals surface area contributed by atoms with Crippen LogP contribution in [-0.2, 0) is 9.53 Å². The van der Waals surface area contributed by atoms with Crippen molar-refractivity contribution in [1.82, 2.24) is 25.1 Å². The van der Waals surface area contributed by atoms with Crippen molar-refractivity contribution in [1.29, 1.82) is 0 Å². The third-order valence-electron chi connectivity index (χ3n) is 4.64. The molecule has 0 spiro atoms. The average Bonchev–Trinajstić information content (AvgIpc) is 3.49. The first-order valence-electron chi connectivity index (χ1n) is 10.4. The molecular formula is C22H22N6O4S. The number of benzene rings is 1. The third-order valence-corrected chi connectivity index (χ3v) is 5.57. The Hall–Kier alpha value is -3.73. The van der Waals surface area contributed by atoms with Gasteiger partial charge < -0.3 is 15.4 Å². The number of nitrogens with zero attached hydrogens (tertiary/aromatic N) is 4. The summed E-state index contributed by atoms with van der Waals surface area (Å²) in [5.41, 5.74) is 0.995. The molecule has 0 saturated heterocycles. The van der Waals surface area contributed by atoms with Gasteiger partial charge in [-0.25, -0.2) is 19.4 Å². The number of nitrogens with one attached hydrogen (secondary N) is 2. The zero-order valence-electron chi connectivity index (χ0n) is 17.9. The largest absolute Gasteiger partial charge is 0.462 e. The van der Waals surface area contributed by atoms with Gasteiger partial charge in [0, 0.05) is 18.3 Å². The van der Waals surface area contributed by atoms with Crippen LogP contribution in [0.4, 0.5) is 5.69 Å². The van der Waals surface area contributed by atoms with E-state index in [9.17, 15) is 14.4 Å². The molecule has 1 fully saturated rings. The third kappa shape index (κ3) is 5.95. The fourth-order valence-corrected chi connectivity index (χ4v) is 3.56. The quantitative estimate of drug-likeness (QED) is 0.280. The lowest BCUT2D eigenvalue weighted by atomic mass is 10.2. The van der Waals surface area contributed by atoms with Crippen molar-refractivity contribution in [3.8, 4) is 5.82 Å². The summed E-state index contributed by atoms with van der Waals surface area (Å²) in [7, 11) is 0. The normalized spacial score (nSPS) is 12.8. The van der Waals surface area contributed by atoms with E-state index in [1.54, 1.807) is 49.5 Å². The van der Waals surface area contributed by atoms with E-state index < -0.39 is 5.97 Å². The SMILES string of the molecule is CCOC(=O)c1ccccc1NC(=O)CSc1cc(-n2ccc(C(=O)NC3CC3)n2)ncn1. The lowest BCUT2D eigenvalue weighted by Crippen LogP contribution is -2.25. The lowest BCUT2D eigenvalue weighted by molar-refractivity contribution is -0.113. The minimum absolute atomic E-state index is 0.0712. The van der Waals surface area contributed by atoms with Crippen molar-refractivity contribution in [2.24, 2.45) is 0 Å². The number of carbonyl (C=O) groups excluding carboxylic acids is 3. The number of anilines is 1. The van der Waals surface area contributed by atoms with E-state index in [2.05, 4.69) is 25.7 Å². The maximum atomic E-state index is 12.5. The molecule has 4 rings (SSSR count). The first kappa shape index (κ1) is 22.5. The molecule has 33 heavy (non-hydrogen) atoms. The molecule has 0 atom stereocenters. The standard InChI is InChI=1S/C22H22N6O4S/c1-2-32-22(31)15-5-3-4-6-16(15)26-19(29)12-33-20-11-18(23-13-24-20)28-10-9-17(27-28)21(30)25-14-7-8-14/h3-6,9-11,13-14H,2,7-8,12H2,1H3,(H,25,30)(H,26,29). The average molecular weight is 467 g/mol. The van der Waals surface area contributed by atoms with Gasteiger partial charge in [0.25, 0.3) is 5.91 Å². The molecular weight excluding hydrogens is 444 g/mol. The predicted molar refractivity (Wildman–Crippen MR) is 121 cm³/mol. The van der Waals surface area contributed by atoms with Crippen LogP contribution in [0.25, 0.3) is 5.82 Å². The van der Waals surface area contributed by atoms with Crippen LogP contribution in [0.1, 0.15) is 40.6 Å². The number of carbonyl (C=O) groups is 3. The summed E-state index contributed by atoms with van der Waals surface area (Å²) < 4.78 is 6.52. The number of aromatic nitrogens is 4. The van der Waals surface area contributed by atoms with Crippen molar-refractivity contribution in [2.75, 3.05) is 17.7 Å². The molecule has 11 heteroatoms. The molecule has 170 valence electrons. The highest BCUT2D eigenvalue weighted by Gasteiger charge is 2.24. The van der Waals surface area contributed by atoms with E-state index in [-0.39, 0.29) is 30.2 Å². The van der Waals surface area contributed by atoms with Gasteiger partial charge in [-0.3, -0.25) is 9.59 Å². The van der Waals surface area contributed by atoms with Crippen LogP contribution in [0.2, 0.25) is 0 Å². The Morgan fingerprint density at radius 1 is 1.18 bits per heavy atom. The van der Waals surface area contributed by atoms with Crippen LogP contribution in [0, 0.1) is 0 Å². The second-order valence-electron chi connectivity index (χ2n) is 7.21. The second kappa shape index (κ2) is 10.3. The Kier molecular flexibility index (Phi) is 6.98. The molecule has 1 aliphatic rings. The number of hydrogen-bond acceptors (Lipinski definition) is 8. The summed E-state index contributed by atoms with van der Waals surface area (Å²) in [6, 6.07) is 10.2. The van der Waals surface area contributed by atoms with Crippen molar-refractivity contribution >= 4 is 35.2 Å². The minimum atomic E-state index is -0.495. The second-order valence-corrected chi connectivity index (χ2v) is 8.21. The summed E-state index contributed by atoms with van der Waals surface area (Å²) in [5, 5.41) is 10.5. The Bertz CT molecular complexity index is 1180. The molecule has 2 amide bonds. The van der Waals surface area contributed by atoms with Crippen LogP contribution < -0.4 is 10.6 Å². The van der Waals surface area contributed by atoms with Crippen molar-refractivity contribution in [3.05, 3.63) is 60.2 Å². The van der Waals surface area contributed by atoms with Gasteiger partial charge in [-0.2, -0.15) is 5.10 Å². The fourth-order valence-electron chi connectivity index (χ4n) is 2.90. The number of esters is 1. The number of para-hydroxylation sites is 1. The summed E-state index contributed by atoms with van der Waals surface area (Å²) in [6.45, 7) is 1.97. The minimum Gasteiger partial charge on any atom is -0.462 e. The van der Waals surface area contributed by atoms with Crippen LogP contribution >= 0.6 is 11.8 Å². The van der Waals surface area contributed by atoms with Crippen molar-refractivity contribution in [2.45, 2.75) is 30.8 Å². The van der Waals surface area contributed by atoms with E-state index in [1.807, 2.05) is 0 Å². The number of rotatable bonds is 9. The van der Waals surface area contributed by atoms with Gasteiger partial charge in [0.1, 0.15) is 11.4 Å². The first-order valence-corrected chi connectivity index (χ1v) is 11.4. The van der Waals surface area contributed by atoms with Gasteiger partial charge in [0.2, 0.25) is 5.91 Å². The van der Waals surface area contributed by atoms with Crippen LogP contribution in [-0.4, -0.2) is 55.9 Å². The molecule has 1 aromatic carbocycles. The van der Waals surface area contributed by atoms with Crippen LogP contribution in [0.3, 0.4) is 0 Å². The highest BCUT2D eigenvalue weighted by Crippen LogP contribution is 2.21. The summed E-state index contributed by atoms with van der Waals surface area (Å²) >= 11 is 1.21. The Balaban J connectivity index is 1.37. The summed E-state index contributed by atoms with van der Waals surface area (Å²) in [6.07, 6.45) is 5.02. The molecule has 1 saturated carbocycles. The predicted octanol–water partition coefficient (Wildman–Crippen LogP) is 2.46. The number of hydrogen-bond donors (Lipinski definition) is 2. The molecule has 1 aliphatic carbocycles. The zero-order valence-corrected chi connectivity index (χ0v) is 18.7. The monoisotopic (exact) mass is 466 g/mol. The van der Waals surface area contributed by atoms with E-state index in [0.29, 0.717) is 27.8 Å². The molecule has 0 radical (unpaired) electrons. The molecule has 0 aliphatic heterocycles. The van der Waals surface area contributed by atoms with Gasteiger partial charge in [0.05, 0.1) is 23.6 Å². The van der Waals surface area contributed by atoms with Gasteiger partial charge in [-0.1, -0.05) is 23.9 Å². The number of amides is 2. The molecule has 3 aromatic rings. The van der Waals surface area contributed by atoms with E-state index in [0.717, 1.165) is 12.8 Å². The maximum absolute atomic E-state index is 12.5. The highest BCUT2D eigenvalue weighted by atomic mass is 32.2. The summed E-state index contributed by atoms with van der Waals surface area (Å²) in [4.78, 5) is 45.0. The molecule has 0 bridgehead atoms. The van der Waals surface area contributed by atoms with Gasteiger partial charge in [-0.15, -0.1) is 0 Å². The zero-order chi connectivity index (χ0) is 23.2. The fraction of sp³-hybridized carbons (Fsp3) is 0.273. The van der Waals surface area contributed by atoms with Crippen molar-refractivity contribution in [3.63, 3.8) is 0 Å². The molecule has 0 unspecified atom stereocenters. The molecule has 10 nitrogen and oxygen atoms in total. The maximum Gasteiger partial charge on any atom is 0.340 e. The van der Waals surface area contributed by atoms with Gasteiger partial charge >= 0.3 is 5.97 Å². The molecule has 2 N–H and O–H groups in total. The number of thioether (sulfide) groups is 1. The molecule has 2 aromatic heterocycles. The van der Waals surface area contributed by atoms with Crippen LogP contribution in [0.15, 0.2) is 53.9 Å². The Morgan fingerprint density at radius 3 is 2.79 bits per heavy atom. The lowest BCUT2D eigenvalue weighted by Gasteiger charge is -2.10. The number of ether oxygens (including phenoxy) is 1. The Morgan fingerprint density at radius 2 is 2.00 bits per heavy atom. The molecule has 2 heterocycles. The topological polar surface area (TPSA) is 128 Å². The Labute approximate surface area is 194 Å². The van der Waals surface area contributed by atoms with E-state index in [1.165, 1.54) is 22.8 Å². The summed E-state index contributed by atoms with van der Waals surface area (Å²) in [5.74, 6) is -0.450. The smallest absolute Gasteiger partial charge is 0.340 e. The van der Waals surface area contributed by atoms with Crippen molar-refractivity contribution < 1.29 is 19.1 Å². The first-order chi connectivity index (χ1) is 16.0. The van der Waals surface area contributed by atoms with E-state index in [4.69, 9.17) is 4.74 Å². The van der Waals surface area contributed by atoms with Gasteiger partial charge in [0.15, 0.2) is 11.5 Å².